The molecule has 3 N–H and O–H groups in total. The van der Waals surface area contributed by atoms with E-state index < -0.39 is 97.5 Å². The van der Waals surface area contributed by atoms with Gasteiger partial charge in [-0.15, -0.1) is 0 Å². The predicted octanol–water partition coefficient (Wildman–Crippen LogP) is 25.4. The van der Waals surface area contributed by atoms with Crippen molar-refractivity contribution in [2.75, 3.05) is 39.6 Å². The van der Waals surface area contributed by atoms with Crippen molar-refractivity contribution in [1.82, 2.24) is 0 Å². The van der Waals surface area contributed by atoms with Gasteiger partial charge in [-0.3, -0.25) is 37.3 Å². The van der Waals surface area contributed by atoms with E-state index >= 15 is 0 Å². The summed E-state index contributed by atoms with van der Waals surface area (Å²) in [6, 6.07) is 0. The Balaban J connectivity index is 5.55. The Morgan fingerprint density at radius 3 is 0.759 bits per heavy atom. The summed E-state index contributed by atoms with van der Waals surface area (Å²) in [5, 5.41) is 10.7. The van der Waals surface area contributed by atoms with Crippen molar-refractivity contribution in [3.63, 3.8) is 0 Å². The highest BCUT2D eigenvalue weighted by atomic mass is 31.2. The van der Waals surface area contributed by atoms with Crippen LogP contribution < -0.4 is 0 Å². The Morgan fingerprint density at radius 2 is 0.482 bits per heavy atom. The van der Waals surface area contributed by atoms with Crippen molar-refractivity contribution in [3.8, 4) is 0 Å². The molecule has 5 atom stereocenters. The van der Waals surface area contributed by atoms with Crippen LogP contribution in [0, 0.1) is 0 Å². The van der Waals surface area contributed by atoms with Crippen molar-refractivity contribution in [2.24, 2.45) is 0 Å². The van der Waals surface area contributed by atoms with Crippen molar-refractivity contribution < 1.29 is 80.2 Å². The summed E-state index contributed by atoms with van der Waals surface area (Å²) >= 11 is 0. The summed E-state index contributed by atoms with van der Waals surface area (Å²) in [7, 11) is -10.0. The first-order valence-corrected chi connectivity index (χ1v) is 45.3. The molecule has 5 unspecified atom stereocenters. The van der Waals surface area contributed by atoms with Crippen LogP contribution in [-0.4, -0.2) is 96.7 Å². The third-order valence-electron chi connectivity index (χ3n) is 16.8. The molecule has 0 radical (unpaired) electrons. The molecular weight excluding hydrogens is 1450 g/mol. The van der Waals surface area contributed by atoms with Crippen LogP contribution in [0.3, 0.4) is 0 Å². The molecule has 19 heteroatoms. The zero-order valence-corrected chi connectivity index (χ0v) is 71.0. The lowest BCUT2D eigenvalue weighted by molar-refractivity contribution is -0.161. The average Bonchev–Trinajstić information content (AvgIpc) is 0.898. The molecule has 0 aliphatic heterocycles. The molecule has 0 rings (SSSR count). The summed E-state index contributed by atoms with van der Waals surface area (Å²) in [6.07, 6.45) is 104. The lowest BCUT2D eigenvalue weighted by Crippen LogP contribution is -2.30. The van der Waals surface area contributed by atoms with Crippen LogP contribution in [0.5, 0.6) is 0 Å². The van der Waals surface area contributed by atoms with Crippen molar-refractivity contribution in [2.45, 2.75) is 316 Å². The van der Waals surface area contributed by atoms with E-state index in [-0.39, 0.29) is 25.7 Å². The van der Waals surface area contributed by atoms with E-state index in [2.05, 4.69) is 198 Å². The second kappa shape index (κ2) is 82.6. The molecule has 0 aliphatic rings. The van der Waals surface area contributed by atoms with Gasteiger partial charge in [0.15, 0.2) is 12.2 Å². The van der Waals surface area contributed by atoms with E-state index in [1.54, 1.807) is 0 Å². The van der Waals surface area contributed by atoms with Crippen LogP contribution in [0.4, 0.5) is 0 Å². The molecule has 0 aromatic heterocycles. The Kier molecular flexibility index (Phi) is 77.9. The number of unbranched alkanes of at least 4 members (excludes halogenated alkanes) is 17. The van der Waals surface area contributed by atoms with E-state index in [1.165, 1.54) is 38.5 Å². The number of rotatable bonds is 77. The lowest BCUT2D eigenvalue weighted by Gasteiger charge is -2.21. The summed E-state index contributed by atoms with van der Waals surface area (Å²) in [5.41, 5.74) is 0. The topological polar surface area (TPSA) is 237 Å². The minimum absolute atomic E-state index is 0.0229. The fourth-order valence-electron chi connectivity index (χ4n) is 10.4. The minimum atomic E-state index is -5.02. The quantitative estimate of drug-likeness (QED) is 0.0169. The van der Waals surface area contributed by atoms with Gasteiger partial charge in [-0.25, -0.2) is 9.13 Å². The Bertz CT molecular complexity index is 2940. The van der Waals surface area contributed by atoms with Gasteiger partial charge in [-0.1, -0.05) is 311 Å². The summed E-state index contributed by atoms with van der Waals surface area (Å²) in [6.45, 7) is 4.32. The number of carbonyl (C=O) groups excluding carboxylic acids is 4. The molecule has 0 amide bonds. The number of phosphoric ester groups is 2. The van der Waals surface area contributed by atoms with E-state index in [0.29, 0.717) is 38.5 Å². The second-order valence-electron chi connectivity index (χ2n) is 27.3. The molecule has 0 bridgehead atoms. The van der Waals surface area contributed by atoms with Crippen molar-refractivity contribution in [1.29, 1.82) is 0 Å². The first-order chi connectivity index (χ1) is 54.7. The van der Waals surface area contributed by atoms with Crippen LogP contribution in [0.1, 0.15) is 297 Å². The number of aliphatic hydroxyl groups excluding tert-OH is 1. The number of hydrogen-bond donors (Lipinski definition) is 3. The maximum absolute atomic E-state index is 13.1. The number of phosphoric acid groups is 2. The molecule has 17 nitrogen and oxygen atoms in total. The summed E-state index contributed by atoms with van der Waals surface area (Å²) < 4.78 is 68.6. The van der Waals surface area contributed by atoms with Crippen LogP contribution in [0.25, 0.3) is 0 Å². The van der Waals surface area contributed by atoms with Gasteiger partial charge in [0.2, 0.25) is 0 Å². The molecule has 0 fully saturated rings. The zero-order chi connectivity index (χ0) is 81.7. The van der Waals surface area contributed by atoms with Gasteiger partial charge in [-0.2, -0.15) is 0 Å². The van der Waals surface area contributed by atoms with Crippen LogP contribution in [-0.2, 0) is 65.4 Å². The lowest BCUT2D eigenvalue weighted by atomic mass is 10.1. The molecule has 632 valence electrons. The average molecular weight is 1600 g/mol. The molecule has 0 saturated heterocycles. The summed E-state index contributed by atoms with van der Waals surface area (Å²) in [4.78, 5) is 73.2. The van der Waals surface area contributed by atoms with Crippen LogP contribution in [0.2, 0.25) is 0 Å². The number of esters is 4. The SMILES string of the molecule is CC/C=C\C/C=C\C/C=C\C/C=C\C/C=C\C/C=C\CCC(=O)OCC(COP(=O)(O)OCC(O)COP(=O)(O)OCC(COC(=O)CC/C=C\C/C=C\C/C=C\C/C=C\C/C=C\C/C=C\CC)OC(=O)CCCCCCCC/C=C\C/C=C\C/C=C\C/C=C\CC)OC(=O)CCCCCCC/C=C\CCCCCCCC. The highest BCUT2D eigenvalue weighted by Crippen LogP contribution is 2.45. The molecule has 0 aliphatic carbocycles. The van der Waals surface area contributed by atoms with Gasteiger partial charge in [-0.05, 0) is 167 Å². The third-order valence-corrected chi connectivity index (χ3v) is 18.7. The highest BCUT2D eigenvalue weighted by Gasteiger charge is 2.30. The number of ether oxygens (including phenoxy) is 4. The molecule has 0 saturated carbocycles. The molecule has 112 heavy (non-hydrogen) atoms. The van der Waals surface area contributed by atoms with E-state index in [9.17, 15) is 43.2 Å². The highest BCUT2D eigenvalue weighted by molar-refractivity contribution is 7.47. The largest absolute Gasteiger partial charge is 0.472 e. The van der Waals surface area contributed by atoms with Crippen LogP contribution >= 0.6 is 15.6 Å². The van der Waals surface area contributed by atoms with Gasteiger partial charge in [0.1, 0.15) is 19.3 Å². The fourth-order valence-corrected chi connectivity index (χ4v) is 12.0. The molecule has 0 aromatic carbocycles. The second-order valence-corrected chi connectivity index (χ2v) is 30.2. The smallest absolute Gasteiger partial charge is 0.462 e. The van der Waals surface area contributed by atoms with Gasteiger partial charge < -0.3 is 33.8 Å². The maximum atomic E-state index is 13.1. The molecular formula is C93H148O17P2. The zero-order valence-electron chi connectivity index (χ0n) is 69.3. The third kappa shape index (κ3) is 81.6. The molecule has 0 spiro atoms. The maximum Gasteiger partial charge on any atom is 0.472 e. The number of allylic oxidation sites excluding steroid dienone is 34. The van der Waals surface area contributed by atoms with E-state index in [1.807, 2.05) is 36.5 Å². The number of carbonyl (C=O) groups is 4. The van der Waals surface area contributed by atoms with Gasteiger partial charge in [0.25, 0.3) is 0 Å². The van der Waals surface area contributed by atoms with Gasteiger partial charge in [0.05, 0.1) is 26.4 Å². The first kappa shape index (κ1) is 106. The Morgan fingerprint density at radius 1 is 0.259 bits per heavy atom. The number of aliphatic hydroxyl groups is 1. The van der Waals surface area contributed by atoms with Crippen molar-refractivity contribution >= 4 is 39.5 Å². The van der Waals surface area contributed by atoms with Crippen molar-refractivity contribution in [3.05, 3.63) is 207 Å². The van der Waals surface area contributed by atoms with Crippen LogP contribution in [0.15, 0.2) is 207 Å². The van der Waals surface area contributed by atoms with E-state index in [0.717, 1.165) is 167 Å². The van der Waals surface area contributed by atoms with Gasteiger partial charge >= 0.3 is 39.5 Å². The predicted molar refractivity (Wildman–Crippen MR) is 463 cm³/mol. The first-order valence-electron chi connectivity index (χ1n) is 42.3. The summed E-state index contributed by atoms with van der Waals surface area (Å²) in [5.74, 6) is -2.41. The standard InChI is InChI=1S/C93H148O17P2/c1-5-9-13-17-21-25-29-33-37-40-43-46-50-53-57-61-65-69-73-77-90(95)103-83-88(109-92(97)79-75-71-67-63-59-55-49-36-32-28-24-20-16-12-8-4)85-107-111(99,100)105-81-87(94)82-106-112(101,102)108-86-89(110-93(98)80-76-72-68-64-60-56-52-48-45-42-39-35-31-27-23-19-15-11-7-3)84-104-91(96)78-74-70-66-62-58-54-51-47-44-41-38-34-30-26-22-18-14-10-6-2/h9-11,13-15,21-23,25-27,33-39,43-49,53-54,57-58,65-66,69-70,87-89,94H,5-8,12,16-20,24,28-32,40-42,50-52,55-56,59-64,67-68,71-86H2,1-4H3,(H,99,100)(H,101,102)/b13-9-,14-10-,15-11-,25-21-,26-22-,27-23-,37-33-,38-34-,39-35-,46-43-,47-44-,48-45-,49-36-,57-53-,58-54-,69-65-,70-66-. The Hall–Kier alpha value is -6.36. The minimum Gasteiger partial charge on any atom is -0.462 e. The normalized spacial score (nSPS) is 14.8. The van der Waals surface area contributed by atoms with Gasteiger partial charge in [0, 0.05) is 25.7 Å². The Labute approximate surface area is 678 Å². The van der Waals surface area contributed by atoms with E-state index in [4.69, 9.17) is 37.0 Å². The monoisotopic (exact) mass is 1600 g/mol. The molecule has 0 aromatic rings. The number of hydrogen-bond acceptors (Lipinski definition) is 15. The fraction of sp³-hybridized carbons (Fsp3) is 0.591. The molecule has 0 heterocycles.